The van der Waals surface area contributed by atoms with E-state index in [9.17, 15) is 0 Å². The summed E-state index contributed by atoms with van der Waals surface area (Å²) < 4.78 is 1.72. The number of fused-ring (bicyclic) bond motifs is 1. The van der Waals surface area contributed by atoms with Crippen LogP contribution in [0.1, 0.15) is 37.2 Å². The zero-order valence-corrected chi connectivity index (χ0v) is 16.7. The Hall–Kier alpha value is -3.45. The summed E-state index contributed by atoms with van der Waals surface area (Å²) in [7, 11) is 0. The molecule has 0 aliphatic heterocycles. The summed E-state index contributed by atoms with van der Waals surface area (Å²) in [6, 6.07) is 14.5. The number of nitrogens with zero attached hydrogens (tertiary/aromatic N) is 4. The van der Waals surface area contributed by atoms with Crippen LogP contribution in [-0.4, -0.2) is 25.6 Å². The number of hydrogen-bond donors (Lipinski definition) is 3. The summed E-state index contributed by atoms with van der Waals surface area (Å²) in [4.78, 5) is 9.16. The second kappa shape index (κ2) is 7.76. The number of nitrogens with one attached hydrogen (secondary N) is 1. The Bertz CT molecular complexity index is 1140. The van der Waals surface area contributed by atoms with E-state index in [4.69, 9.17) is 11.5 Å². The number of anilines is 3. The molecule has 3 heterocycles. The van der Waals surface area contributed by atoms with E-state index in [1.54, 1.807) is 10.7 Å². The maximum absolute atomic E-state index is 6.41. The summed E-state index contributed by atoms with van der Waals surface area (Å²) in [6.45, 7) is 0. The highest BCUT2D eigenvalue weighted by Crippen LogP contribution is 2.41. The zero-order valence-electron chi connectivity index (χ0n) is 16.7. The molecular formula is C23H25N7. The van der Waals surface area contributed by atoms with Crippen molar-refractivity contribution in [1.29, 1.82) is 0 Å². The van der Waals surface area contributed by atoms with Crippen LogP contribution in [0, 0.1) is 0 Å². The van der Waals surface area contributed by atoms with Crippen LogP contribution in [-0.2, 0) is 0 Å². The van der Waals surface area contributed by atoms with Gasteiger partial charge in [-0.05, 0) is 49.3 Å². The number of nitrogen functional groups attached to an aromatic ring is 1. The molecule has 1 aromatic carbocycles. The second-order valence-corrected chi connectivity index (χ2v) is 7.90. The highest BCUT2D eigenvalue weighted by molar-refractivity contribution is 5.80. The minimum absolute atomic E-state index is 0.272. The molecule has 0 atom stereocenters. The molecule has 30 heavy (non-hydrogen) atoms. The Kier molecular flexibility index (Phi) is 4.80. The Morgan fingerprint density at radius 2 is 1.73 bits per heavy atom. The number of aromatic nitrogens is 4. The normalized spacial score (nSPS) is 19.1. The van der Waals surface area contributed by atoms with Crippen LogP contribution in [0.3, 0.4) is 0 Å². The van der Waals surface area contributed by atoms with Gasteiger partial charge in [-0.15, -0.1) is 5.10 Å². The standard InChI is InChI=1S/C23H25N7/c24-18-9-6-16(7-10-18)20-21(23-26-12-13-30(23)29-22(20)25)28-19-11-8-17(14-27-19)15-4-2-1-3-5-15/h1-5,8,11-14,16,18H,6-7,9-10,24H2,(H2,25,29)(H,27,28). The van der Waals surface area contributed by atoms with E-state index in [2.05, 4.69) is 38.6 Å². The fourth-order valence-corrected chi connectivity index (χ4v) is 4.32. The van der Waals surface area contributed by atoms with Gasteiger partial charge >= 0.3 is 0 Å². The van der Waals surface area contributed by atoms with Crippen LogP contribution < -0.4 is 16.8 Å². The van der Waals surface area contributed by atoms with Crippen LogP contribution in [0.2, 0.25) is 0 Å². The highest BCUT2D eigenvalue weighted by Gasteiger charge is 2.27. The highest BCUT2D eigenvalue weighted by atomic mass is 15.3. The van der Waals surface area contributed by atoms with Gasteiger partial charge in [0.1, 0.15) is 11.6 Å². The molecule has 5 N–H and O–H groups in total. The van der Waals surface area contributed by atoms with Gasteiger partial charge in [-0.2, -0.15) is 0 Å². The first-order valence-corrected chi connectivity index (χ1v) is 10.4. The predicted octanol–water partition coefficient (Wildman–Crippen LogP) is 4.10. The first-order valence-electron chi connectivity index (χ1n) is 10.4. The van der Waals surface area contributed by atoms with Gasteiger partial charge in [0.15, 0.2) is 5.65 Å². The van der Waals surface area contributed by atoms with Gasteiger partial charge in [0.05, 0.1) is 5.69 Å². The van der Waals surface area contributed by atoms with Crippen molar-refractivity contribution in [2.24, 2.45) is 5.73 Å². The van der Waals surface area contributed by atoms with E-state index < -0.39 is 0 Å². The first kappa shape index (κ1) is 18.6. The van der Waals surface area contributed by atoms with Crippen molar-refractivity contribution in [3.05, 3.63) is 66.6 Å². The fourth-order valence-electron chi connectivity index (χ4n) is 4.32. The average Bonchev–Trinajstić information content (AvgIpc) is 3.24. The van der Waals surface area contributed by atoms with Gasteiger partial charge in [-0.25, -0.2) is 14.5 Å². The van der Waals surface area contributed by atoms with E-state index in [1.807, 2.05) is 36.7 Å². The Morgan fingerprint density at radius 3 is 2.47 bits per heavy atom. The first-order chi connectivity index (χ1) is 14.7. The maximum Gasteiger partial charge on any atom is 0.177 e. The number of nitrogens with two attached hydrogens (primary N) is 2. The molecule has 0 bridgehead atoms. The van der Waals surface area contributed by atoms with E-state index in [1.165, 1.54) is 0 Å². The Labute approximate surface area is 175 Å². The smallest absolute Gasteiger partial charge is 0.177 e. The molecule has 1 saturated carbocycles. The van der Waals surface area contributed by atoms with Crippen molar-refractivity contribution in [2.75, 3.05) is 11.1 Å². The number of benzene rings is 1. The van der Waals surface area contributed by atoms with Crippen molar-refractivity contribution >= 4 is 23.0 Å². The predicted molar refractivity (Wildman–Crippen MR) is 120 cm³/mol. The molecule has 0 saturated heterocycles. The third-order valence-corrected chi connectivity index (χ3v) is 5.91. The van der Waals surface area contributed by atoms with Crippen LogP contribution >= 0.6 is 0 Å². The lowest BCUT2D eigenvalue weighted by molar-refractivity contribution is 0.396. The molecular weight excluding hydrogens is 374 g/mol. The number of hydrogen-bond acceptors (Lipinski definition) is 6. The van der Waals surface area contributed by atoms with Crippen molar-refractivity contribution < 1.29 is 0 Å². The lowest BCUT2D eigenvalue weighted by Crippen LogP contribution is -2.26. The SMILES string of the molecule is Nc1nn2ccnc2c(Nc2ccc(-c3ccccc3)cn2)c1C1CCC(N)CC1. The molecule has 1 aliphatic carbocycles. The molecule has 0 radical (unpaired) electrons. The van der Waals surface area contributed by atoms with Crippen molar-refractivity contribution in [3.8, 4) is 11.1 Å². The molecule has 0 spiro atoms. The molecule has 1 fully saturated rings. The molecule has 152 valence electrons. The molecule has 0 unspecified atom stereocenters. The van der Waals surface area contributed by atoms with Crippen molar-refractivity contribution in [2.45, 2.75) is 37.6 Å². The van der Waals surface area contributed by atoms with E-state index in [0.29, 0.717) is 11.7 Å². The van der Waals surface area contributed by atoms with Gasteiger partial charge in [-0.1, -0.05) is 30.3 Å². The minimum Gasteiger partial charge on any atom is -0.382 e. The van der Waals surface area contributed by atoms with Crippen LogP contribution in [0.5, 0.6) is 0 Å². The number of pyridine rings is 1. The average molecular weight is 400 g/mol. The molecule has 1 aliphatic rings. The zero-order chi connectivity index (χ0) is 20.5. The van der Waals surface area contributed by atoms with Crippen LogP contribution in [0.25, 0.3) is 16.8 Å². The third kappa shape index (κ3) is 3.48. The van der Waals surface area contributed by atoms with Crippen molar-refractivity contribution in [1.82, 2.24) is 19.6 Å². The monoisotopic (exact) mass is 399 g/mol. The van der Waals surface area contributed by atoms with Crippen LogP contribution in [0.15, 0.2) is 61.1 Å². The summed E-state index contributed by atoms with van der Waals surface area (Å²) in [5.41, 5.74) is 17.4. The van der Waals surface area contributed by atoms with E-state index in [0.717, 1.165) is 59.5 Å². The molecule has 3 aromatic heterocycles. The molecule has 7 heteroatoms. The van der Waals surface area contributed by atoms with E-state index in [-0.39, 0.29) is 6.04 Å². The van der Waals surface area contributed by atoms with Crippen molar-refractivity contribution in [3.63, 3.8) is 0 Å². The fraction of sp³-hybridized carbons (Fsp3) is 0.261. The third-order valence-electron chi connectivity index (χ3n) is 5.91. The molecule has 5 rings (SSSR count). The quantitative estimate of drug-likeness (QED) is 0.477. The second-order valence-electron chi connectivity index (χ2n) is 7.90. The molecule has 7 nitrogen and oxygen atoms in total. The maximum atomic E-state index is 6.41. The summed E-state index contributed by atoms with van der Waals surface area (Å²) in [5, 5.41) is 8.01. The van der Waals surface area contributed by atoms with Gasteiger partial charge < -0.3 is 16.8 Å². The van der Waals surface area contributed by atoms with Gasteiger partial charge in [-0.3, -0.25) is 0 Å². The lowest BCUT2D eigenvalue weighted by Gasteiger charge is -2.28. The van der Waals surface area contributed by atoms with E-state index >= 15 is 0 Å². The topological polar surface area (TPSA) is 107 Å². The van der Waals surface area contributed by atoms with Gasteiger partial charge in [0, 0.05) is 35.8 Å². The molecule has 0 amide bonds. The molecule has 4 aromatic rings. The largest absolute Gasteiger partial charge is 0.382 e. The summed E-state index contributed by atoms with van der Waals surface area (Å²) in [6.07, 6.45) is 9.41. The van der Waals surface area contributed by atoms with Crippen LogP contribution in [0.4, 0.5) is 17.3 Å². The Balaban J connectivity index is 1.52. The minimum atomic E-state index is 0.272. The summed E-state index contributed by atoms with van der Waals surface area (Å²) in [5.74, 6) is 1.59. The van der Waals surface area contributed by atoms with Gasteiger partial charge in [0.2, 0.25) is 0 Å². The van der Waals surface area contributed by atoms with Gasteiger partial charge in [0.25, 0.3) is 0 Å². The summed E-state index contributed by atoms with van der Waals surface area (Å²) >= 11 is 0. The number of imidazole rings is 1. The Morgan fingerprint density at radius 1 is 0.933 bits per heavy atom. The lowest BCUT2D eigenvalue weighted by atomic mass is 9.81. The number of rotatable bonds is 4.